The smallest absolute Gasteiger partial charge is 0.193 e. The molecule has 5 heterocycles. The van der Waals surface area contributed by atoms with Gasteiger partial charge in [0.05, 0.1) is 23.6 Å². The molecule has 1 spiro atoms. The standard InChI is InChI=1S/C20H26N2O3/c1-3-10-11-8-14-17-20(12-6-4-5-7-13(12)21(17)2)9-15(16(11)18(20)23)22(14,25)19(10)24/h4-7,10-11,14-19,23-24H,3,8-9H2,1-2H3/t10-,11?,14-,15-,16?,17-,18?,19+,20?,22?/m0/s1. The maximum atomic E-state index is 14.1. The lowest BCUT2D eigenvalue weighted by molar-refractivity contribution is -1.00. The van der Waals surface area contributed by atoms with Gasteiger partial charge < -0.3 is 25.0 Å². The molecule has 0 amide bonds. The number of fused-ring (bicyclic) bond motifs is 2. The second kappa shape index (κ2) is 4.22. The number of benzene rings is 1. The van der Waals surface area contributed by atoms with Crippen LogP contribution < -0.4 is 4.90 Å². The van der Waals surface area contributed by atoms with Crippen molar-refractivity contribution in [1.29, 1.82) is 0 Å². The van der Waals surface area contributed by atoms with Gasteiger partial charge in [0.1, 0.15) is 6.04 Å². The van der Waals surface area contributed by atoms with Crippen molar-refractivity contribution in [3.63, 3.8) is 0 Å². The summed E-state index contributed by atoms with van der Waals surface area (Å²) in [4.78, 5) is 2.24. The number of rotatable bonds is 1. The molecule has 6 aliphatic rings. The third-order valence-corrected chi connectivity index (χ3v) is 8.84. The molecular weight excluding hydrogens is 316 g/mol. The van der Waals surface area contributed by atoms with Gasteiger partial charge in [0, 0.05) is 37.4 Å². The number of quaternary nitrogens is 1. The lowest BCUT2D eigenvalue weighted by Gasteiger charge is -2.70. The fraction of sp³-hybridized carbons (Fsp3) is 0.700. The molecule has 134 valence electrons. The van der Waals surface area contributed by atoms with Crippen LogP contribution in [0.25, 0.3) is 0 Å². The van der Waals surface area contributed by atoms with E-state index in [9.17, 15) is 15.4 Å². The first-order valence-corrected chi connectivity index (χ1v) is 9.75. The molecule has 2 N–H and O–H groups in total. The molecule has 5 unspecified atom stereocenters. The van der Waals surface area contributed by atoms with E-state index in [-0.39, 0.29) is 41.3 Å². The largest absolute Gasteiger partial charge is 0.630 e. The van der Waals surface area contributed by atoms with Crippen molar-refractivity contribution >= 4 is 5.69 Å². The van der Waals surface area contributed by atoms with Gasteiger partial charge in [0.2, 0.25) is 0 Å². The van der Waals surface area contributed by atoms with Gasteiger partial charge in [-0.3, -0.25) is 0 Å². The summed E-state index contributed by atoms with van der Waals surface area (Å²) in [6, 6.07) is 8.08. The predicted octanol–water partition coefficient (Wildman–Crippen LogP) is 1.57. The Bertz CT molecular complexity index is 771. The maximum Gasteiger partial charge on any atom is 0.193 e. The van der Waals surface area contributed by atoms with Crippen molar-refractivity contribution in [2.75, 3.05) is 11.9 Å². The highest BCUT2D eigenvalue weighted by molar-refractivity contribution is 5.66. The molecule has 1 aromatic rings. The van der Waals surface area contributed by atoms with Crippen molar-refractivity contribution in [1.82, 2.24) is 0 Å². The fourth-order valence-electron chi connectivity index (χ4n) is 8.17. The Labute approximate surface area is 148 Å². The zero-order valence-corrected chi connectivity index (χ0v) is 14.7. The molecule has 1 aliphatic carbocycles. The van der Waals surface area contributed by atoms with Crippen LogP contribution in [0.4, 0.5) is 5.69 Å². The number of hydroxylamine groups is 3. The average Bonchev–Trinajstić information content (AvgIpc) is 2.99. The predicted molar refractivity (Wildman–Crippen MR) is 93.5 cm³/mol. The van der Waals surface area contributed by atoms with E-state index in [2.05, 4.69) is 37.1 Å². The number of aliphatic hydroxyl groups is 2. The molecule has 5 fully saturated rings. The molecule has 0 radical (unpaired) electrons. The van der Waals surface area contributed by atoms with E-state index >= 15 is 0 Å². The van der Waals surface area contributed by atoms with Crippen molar-refractivity contribution < 1.29 is 14.9 Å². The average molecular weight is 342 g/mol. The van der Waals surface area contributed by atoms with Crippen LogP contribution in [0.15, 0.2) is 24.3 Å². The second-order valence-corrected chi connectivity index (χ2v) is 9.12. The van der Waals surface area contributed by atoms with Crippen LogP contribution in [0, 0.1) is 23.0 Å². The van der Waals surface area contributed by atoms with Gasteiger partial charge in [0.25, 0.3) is 0 Å². The molecule has 10 atom stereocenters. The van der Waals surface area contributed by atoms with E-state index in [0.717, 1.165) is 24.9 Å². The van der Waals surface area contributed by atoms with Crippen LogP contribution >= 0.6 is 0 Å². The van der Waals surface area contributed by atoms with Crippen LogP contribution in [0.2, 0.25) is 0 Å². The first kappa shape index (κ1) is 15.0. The summed E-state index contributed by atoms with van der Waals surface area (Å²) in [5.74, 6) is 0.343. The highest BCUT2D eigenvalue weighted by Gasteiger charge is 2.81. The van der Waals surface area contributed by atoms with E-state index in [0.29, 0.717) is 0 Å². The number of para-hydroxylation sites is 1. The quantitative estimate of drug-likeness (QED) is 0.600. The normalized spacial score (nSPS) is 57.1. The Morgan fingerprint density at radius 1 is 1.28 bits per heavy atom. The zero-order valence-electron chi connectivity index (χ0n) is 14.7. The number of piperidine rings is 4. The van der Waals surface area contributed by atoms with Crippen molar-refractivity contribution in [3.8, 4) is 0 Å². The molecule has 5 nitrogen and oxygen atoms in total. The van der Waals surface area contributed by atoms with Crippen LogP contribution in [0.3, 0.4) is 0 Å². The molecule has 0 aromatic heterocycles. The topological polar surface area (TPSA) is 66.8 Å². The number of hydrogen-bond donors (Lipinski definition) is 2. The van der Waals surface area contributed by atoms with Crippen LogP contribution in [0.5, 0.6) is 0 Å². The zero-order chi connectivity index (χ0) is 17.3. The molecule has 4 saturated heterocycles. The van der Waals surface area contributed by atoms with Crippen LogP contribution in [-0.2, 0) is 5.41 Å². The Morgan fingerprint density at radius 2 is 2.04 bits per heavy atom. The lowest BCUT2D eigenvalue weighted by Crippen LogP contribution is -2.80. The third kappa shape index (κ3) is 1.26. The van der Waals surface area contributed by atoms with Gasteiger partial charge in [-0.15, -0.1) is 0 Å². The lowest BCUT2D eigenvalue weighted by atomic mass is 9.62. The van der Waals surface area contributed by atoms with Gasteiger partial charge in [-0.1, -0.05) is 25.1 Å². The monoisotopic (exact) mass is 342 g/mol. The van der Waals surface area contributed by atoms with Gasteiger partial charge in [0.15, 0.2) is 6.23 Å². The summed E-state index contributed by atoms with van der Waals surface area (Å²) < 4.78 is -0.471. The summed E-state index contributed by atoms with van der Waals surface area (Å²) in [6.07, 6.45) is 1.09. The SMILES string of the molecule is CC[C@H]1C2C[C@H]3[C@@H]4N(C)c5ccccc5C45C[C@@H](C2C5O)[N+]3([O-])[C@@H]1O. The molecular formula is C20H26N2O3. The Kier molecular flexibility index (Phi) is 2.53. The molecule has 7 rings (SSSR count). The van der Waals surface area contributed by atoms with Gasteiger partial charge >= 0.3 is 0 Å². The summed E-state index contributed by atoms with van der Waals surface area (Å²) >= 11 is 0. The summed E-state index contributed by atoms with van der Waals surface area (Å²) in [5.41, 5.74) is 2.06. The first-order chi connectivity index (χ1) is 12.0. The molecule has 1 aromatic carbocycles. The van der Waals surface area contributed by atoms with Crippen molar-refractivity contribution in [2.45, 2.75) is 62.1 Å². The summed E-state index contributed by atoms with van der Waals surface area (Å²) in [7, 11) is 2.07. The highest BCUT2D eigenvalue weighted by Crippen LogP contribution is 2.71. The van der Waals surface area contributed by atoms with Crippen LogP contribution in [0.1, 0.15) is 31.7 Å². The number of anilines is 1. The number of likely N-dealkylation sites (N-methyl/N-ethyl adjacent to an activating group) is 1. The Hall–Kier alpha value is -1.14. The van der Waals surface area contributed by atoms with E-state index in [1.807, 2.05) is 6.07 Å². The van der Waals surface area contributed by atoms with Gasteiger partial charge in [-0.25, -0.2) is 0 Å². The van der Waals surface area contributed by atoms with Crippen LogP contribution in [-0.4, -0.2) is 52.4 Å². The molecule has 5 bridgehead atoms. The number of nitrogens with zero attached hydrogens (tertiary/aromatic N) is 2. The molecule has 5 heteroatoms. The second-order valence-electron chi connectivity index (χ2n) is 9.12. The fourth-order valence-corrected chi connectivity index (χ4v) is 8.17. The maximum absolute atomic E-state index is 14.1. The minimum absolute atomic E-state index is 0.00361. The molecule has 25 heavy (non-hydrogen) atoms. The molecule has 1 saturated carbocycles. The Morgan fingerprint density at radius 3 is 2.80 bits per heavy atom. The summed E-state index contributed by atoms with van der Waals surface area (Å²) in [6.45, 7) is 2.07. The van der Waals surface area contributed by atoms with Crippen molar-refractivity contribution in [2.24, 2.45) is 17.8 Å². The van der Waals surface area contributed by atoms with Gasteiger partial charge in [-0.05, 0) is 24.0 Å². The van der Waals surface area contributed by atoms with E-state index < -0.39 is 17.0 Å². The Balaban J connectivity index is 1.63. The number of hydrogen-bond acceptors (Lipinski definition) is 4. The highest BCUT2D eigenvalue weighted by atomic mass is 16.6. The number of aliphatic hydroxyl groups excluding tert-OH is 2. The van der Waals surface area contributed by atoms with Crippen molar-refractivity contribution in [3.05, 3.63) is 35.0 Å². The third-order valence-electron chi connectivity index (χ3n) is 8.84. The minimum atomic E-state index is -0.824. The first-order valence-electron chi connectivity index (χ1n) is 9.75. The van der Waals surface area contributed by atoms with E-state index in [4.69, 9.17) is 0 Å². The van der Waals surface area contributed by atoms with E-state index in [1.54, 1.807) is 0 Å². The van der Waals surface area contributed by atoms with E-state index in [1.165, 1.54) is 5.56 Å². The minimum Gasteiger partial charge on any atom is -0.630 e. The summed E-state index contributed by atoms with van der Waals surface area (Å²) in [5, 5.41) is 36.8. The molecule has 5 aliphatic heterocycles. The van der Waals surface area contributed by atoms with Gasteiger partial charge in [-0.2, -0.15) is 0 Å².